The predicted molar refractivity (Wildman–Crippen MR) is 53.1 cm³/mol. The molecule has 3 heteroatoms. The van der Waals surface area contributed by atoms with Gasteiger partial charge in [0.1, 0.15) is 6.10 Å². The van der Waals surface area contributed by atoms with Crippen LogP contribution in [0.1, 0.15) is 24.2 Å². The molecule has 0 bridgehead atoms. The summed E-state index contributed by atoms with van der Waals surface area (Å²) < 4.78 is 9.43. The molecule has 1 atom stereocenters. The average Bonchev–Trinajstić information content (AvgIpc) is 2.18. The summed E-state index contributed by atoms with van der Waals surface area (Å²) in [4.78, 5) is 10.9. The Hall–Kier alpha value is -1.51. The first-order chi connectivity index (χ1) is 6.65. The van der Waals surface area contributed by atoms with Crippen molar-refractivity contribution in [2.75, 3.05) is 7.11 Å². The van der Waals surface area contributed by atoms with Crippen LogP contribution in [0.15, 0.2) is 24.3 Å². The summed E-state index contributed by atoms with van der Waals surface area (Å²) in [5.41, 5.74) is 2.10. The first kappa shape index (κ1) is 10.6. The van der Waals surface area contributed by atoms with Gasteiger partial charge >= 0.3 is 6.16 Å². The summed E-state index contributed by atoms with van der Waals surface area (Å²) in [6, 6.07) is 7.78. The van der Waals surface area contributed by atoms with E-state index in [0.717, 1.165) is 11.1 Å². The number of hydrogen-bond donors (Lipinski definition) is 0. The Morgan fingerprint density at radius 3 is 2.57 bits per heavy atom. The summed E-state index contributed by atoms with van der Waals surface area (Å²) in [6.45, 7) is 3.80. The van der Waals surface area contributed by atoms with E-state index >= 15 is 0 Å². The van der Waals surface area contributed by atoms with Gasteiger partial charge in [-0.15, -0.1) is 0 Å². The molecule has 76 valence electrons. The maximum absolute atomic E-state index is 10.9. The maximum Gasteiger partial charge on any atom is 0.508 e. The highest BCUT2D eigenvalue weighted by molar-refractivity contribution is 5.60. The van der Waals surface area contributed by atoms with Crippen LogP contribution >= 0.6 is 0 Å². The van der Waals surface area contributed by atoms with Crippen molar-refractivity contribution in [3.05, 3.63) is 35.4 Å². The van der Waals surface area contributed by atoms with Crippen molar-refractivity contribution in [2.45, 2.75) is 20.0 Å². The molecule has 0 N–H and O–H groups in total. The van der Waals surface area contributed by atoms with Crippen molar-refractivity contribution in [1.29, 1.82) is 0 Å². The monoisotopic (exact) mass is 194 g/mol. The third-order valence-corrected chi connectivity index (χ3v) is 2.07. The van der Waals surface area contributed by atoms with Gasteiger partial charge in [-0.25, -0.2) is 4.79 Å². The van der Waals surface area contributed by atoms with Gasteiger partial charge in [0.05, 0.1) is 7.11 Å². The topological polar surface area (TPSA) is 35.5 Å². The third kappa shape index (κ3) is 2.49. The Balaban J connectivity index is 2.74. The molecule has 0 spiro atoms. The first-order valence-electron chi connectivity index (χ1n) is 4.45. The molecule has 0 fully saturated rings. The summed E-state index contributed by atoms with van der Waals surface area (Å²) in [7, 11) is 1.30. The highest BCUT2D eigenvalue weighted by Gasteiger charge is 2.12. The molecule has 1 unspecified atom stereocenters. The Morgan fingerprint density at radius 2 is 2.00 bits per heavy atom. The van der Waals surface area contributed by atoms with Crippen LogP contribution in [-0.2, 0) is 9.47 Å². The van der Waals surface area contributed by atoms with Crippen LogP contribution in [0.4, 0.5) is 4.79 Å². The van der Waals surface area contributed by atoms with Crippen LogP contribution in [0, 0.1) is 6.92 Å². The van der Waals surface area contributed by atoms with E-state index in [0.29, 0.717) is 0 Å². The van der Waals surface area contributed by atoms with E-state index < -0.39 is 6.16 Å². The number of methoxy groups -OCH3 is 1. The second-order valence-electron chi connectivity index (χ2n) is 3.07. The van der Waals surface area contributed by atoms with Gasteiger partial charge in [0.25, 0.3) is 0 Å². The Labute approximate surface area is 83.6 Å². The number of carbonyl (C=O) groups excluding carboxylic acids is 1. The molecule has 1 aromatic carbocycles. The molecule has 1 aromatic rings. The lowest BCUT2D eigenvalue weighted by Crippen LogP contribution is -2.09. The standard InChI is InChI=1S/C11H14O3/c1-8-6-4-5-7-10(8)9(2)14-11(12)13-3/h4-7,9H,1-3H3. The fourth-order valence-corrected chi connectivity index (χ4v) is 1.30. The van der Waals surface area contributed by atoms with Crippen LogP contribution in [0.2, 0.25) is 0 Å². The van der Waals surface area contributed by atoms with Crippen molar-refractivity contribution >= 4 is 6.16 Å². The lowest BCUT2D eigenvalue weighted by atomic mass is 10.1. The molecule has 0 radical (unpaired) electrons. The molecule has 0 amide bonds. The van der Waals surface area contributed by atoms with E-state index in [2.05, 4.69) is 4.74 Å². The van der Waals surface area contributed by atoms with Gasteiger partial charge in [0, 0.05) is 0 Å². The van der Waals surface area contributed by atoms with Gasteiger partial charge in [-0.1, -0.05) is 24.3 Å². The second-order valence-corrected chi connectivity index (χ2v) is 3.07. The molecule has 0 aliphatic carbocycles. The van der Waals surface area contributed by atoms with Crippen molar-refractivity contribution in [3.63, 3.8) is 0 Å². The van der Waals surface area contributed by atoms with Crippen LogP contribution in [0.3, 0.4) is 0 Å². The highest BCUT2D eigenvalue weighted by Crippen LogP contribution is 2.20. The van der Waals surface area contributed by atoms with Gasteiger partial charge < -0.3 is 9.47 Å². The molecular formula is C11H14O3. The third-order valence-electron chi connectivity index (χ3n) is 2.07. The molecule has 0 aliphatic heterocycles. The Kier molecular flexibility index (Phi) is 3.51. The van der Waals surface area contributed by atoms with E-state index in [-0.39, 0.29) is 6.10 Å². The molecule has 0 aliphatic rings. The van der Waals surface area contributed by atoms with Gasteiger partial charge in [-0.2, -0.15) is 0 Å². The molecule has 0 saturated carbocycles. The van der Waals surface area contributed by atoms with Crippen molar-refractivity contribution in [2.24, 2.45) is 0 Å². The number of carbonyl (C=O) groups is 1. The molecule has 0 heterocycles. The van der Waals surface area contributed by atoms with Crippen molar-refractivity contribution < 1.29 is 14.3 Å². The van der Waals surface area contributed by atoms with E-state index in [4.69, 9.17) is 4.74 Å². The van der Waals surface area contributed by atoms with Crippen LogP contribution in [-0.4, -0.2) is 13.3 Å². The summed E-state index contributed by atoms with van der Waals surface area (Å²) in [6.07, 6.45) is -0.926. The Morgan fingerprint density at radius 1 is 1.36 bits per heavy atom. The fraction of sp³-hybridized carbons (Fsp3) is 0.364. The molecule has 0 saturated heterocycles. The largest absolute Gasteiger partial charge is 0.508 e. The zero-order chi connectivity index (χ0) is 10.6. The van der Waals surface area contributed by atoms with Gasteiger partial charge in [0.2, 0.25) is 0 Å². The second kappa shape index (κ2) is 4.65. The number of hydrogen-bond acceptors (Lipinski definition) is 3. The molecule has 1 rings (SSSR count). The highest BCUT2D eigenvalue weighted by atomic mass is 16.7. The van der Waals surface area contributed by atoms with E-state index in [1.165, 1.54) is 7.11 Å². The fourth-order valence-electron chi connectivity index (χ4n) is 1.30. The number of aryl methyl sites for hydroxylation is 1. The average molecular weight is 194 g/mol. The molecule has 14 heavy (non-hydrogen) atoms. The SMILES string of the molecule is COC(=O)OC(C)c1ccccc1C. The van der Waals surface area contributed by atoms with Crippen LogP contribution < -0.4 is 0 Å². The summed E-state index contributed by atoms with van der Waals surface area (Å²) in [5.74, 6) is 0. The van der Waals surface area contributed by atoms with Crippen molar-refractivity contribution in [1.82, 2.24) is 0 Å². The van der Waals surface area contributed by atoms with Crippen LogP contribution in [0.5, 0.6) is 0 Å². The normalized spacial score (nSPS) is 11.9. The zero-order valence-electron chi connectivity index (χ0n) is 8.61. The first-order valence-corrected chi connectivity index (χ1v) is 4.45. The predicted octanol–water partition coefficient (Wildman–Crippen LogP) is 2.84. The minimum Gasteiger partial charge on any atom is -0.438 e. The van der Waals surface area contributed by atoms with E-state index in [1.807, 2.05) is 38.1 Å². The molecule has 0 aromatic heterocycles. The molecular weight excluding hydrogens is 180 g/mol. The maximum atomic E-state index is 10.9. The quantitative estimate of drug-likeness (QED) is 0.679. The van der Waals surface area contributed by atoms with Gasteiger partial charge in [0.15, 0.2) is 0 Å². The summed E-state index contributed by atoms with van der Waals surface area (Å²) in [5, 5.41) is 0. The smallest absolute Gasteiger partial charge is 0.438 e. The minimum absolute atomic E-state index is 0.274. The van der Waals surface area contributed by atoms with E-state index in [1.54, 1.807) is 0 Å². The van der Waals surface area contributed by atoms with Crippen LogP contribution in [0.25, 0.3) is 0 Å². The summed E-state index contributed by atoms with van der Waals surface area (Å²) >= 11 is 0. The Bertz CT molecular complexity index is 320. The minimum atomic E-state index is -0.652. The lowest BCUT2D eigenvalue weighted by Gasteiger charge is -2.14. The number of rotatable bonds is 2. The number of benzene rings is 1. The zero-order valence-corrected chi connectivity index (χ0v) is 8.61. The van der Waals surface area contributed by atoms with Gasteiger partial charge in [-0.3, -0.25) is 0 Å². The number of ether oxygens (including phenoxy) is 2. The molecule has 3 nitrogen and oxygen atoms in total. The van der Waals surface area contributed by atoms with E-state index in [9.17, 15) is 4.79 Å². The van der Waals surface area contributed by atoms with Crippen molar-refractivity contribution in [3.8, 4) is 0 Å². The van der Waals surface area contributed by atoms with Gasteiger partial charge in [-0.05, 0) is 25.0 Å². The lowest BCUT2D eigenvalue weighted by molar-refractivity contribution is 0.0428.